The summed E-state index contributed by atoms with van der Waals surface area (Å²) in [5.74, 6) is -4.45. The summed E-state index contributed by atoms with van der Waals surface area (Å²) in [7, 11) is 0. The monoisotopic (exact) mass is 697 g/mol. The lowest BCUT2D eigenvalue weighted by molar-refractivity contribution is -0.219. The molecule has 49 heavy (non-hydrogen) atoms. The Morgan fingerprint density at radius 2 is 1.35 bits per heavy atom. The molecule has 2 atom stereocenters. The Hall–Kier alpha value is -0.940. The molecule has 0 N–H and O–H groups in total. The molecule has 0 aromatic heterocycles. The molecule has 0 aliphatic carbocycles. The highest BCUT2D eigenvalue weighted by molar-refractivity contribution is 5.14. The Morgan fingerprint density at radius 1 is 0.694 bits per heavy atom. The molecule has 6 rings (SSSR count). The zero-order valence-corrected chi connectivity index (χ0v) is 31.6. The van der Waals surface area contributed by atoms with Gasteiger partial charge in [0, 0.05) is 64.0 Å². The highest BCUT2D eigenvalue weighted by Gasteiger charge is 2.62. The third kappa shape index (κ3) is 8.82. The lowest BCUT2D eigenvalue weighted by atomic mass is 9.68. The molecule has 2 spiro atoms. The maximum Gasteiger partial charge on any atom is 0.269 e. The number of rotatable bonds is 12. The third-order valence-corrected chi connectivity index (χ3v) is 13.6. The zero-order chi connectivity index (χ0) is 35.0. The van der Waals surface area contributed by atoms with Gasteiger partial charge in [0.1, 0.15) is 0 Å². The van der Waals surface area contributed by atoms with Gasteiger partial charge in [-0.3, -0.25) is 9.80 Å². The quantitative estimate of drug-likeness (QED) is 0.222. The van der Waals surface area contributed by atoms with Gasteiger partial charge in [0.05, 0.1) is 18.5 Å². The molecule has 6 nitrogen and oxygen atoms in total. The molecular weight excluding hydrogens is 628 g/mol. The van der Waals surface area contributed by atoms with Crippen LogP contribution in [0.4, 0.5) is 17.6 Å². The fraction of sp³-hybridized carbons (Fsp3) is 0.949. The summed E-state index contributed by atoms with van der Waals surface area (Å²) < 4.78 is 62.1. The number of alkyl halides is 4. The maximum absolute atomic E-state index is 15.7. The summed E-state index contributed by atoms with van der Waals surface area (Å²) in [5, 5.41) is 0. The van der Waals surface area contributed by atoms with Crippen molar-refractivity contribution >= 4 is 0 Å². The number of piperidine rings is 4. The van der Waals surface area contributed by atoms with Crippen molar-refractivity contribution < 1.29 is 17.6 Å². The van der Waals surface area contributed by atoms with E-state index in [4.69, 9.17) is 0 Å². The van der Waals surface area contributed by atoms with E-state index >= 15 is 17.6 Å². The van der Waals surface area contributed by atoms with Crippen molar-refractivity contribution in [3.63, 3.8) is 0 Å². The second kappa shape index (κ2) is 15.2. The molecule has 6 aliphatic heterocycles. The number of hydrogen-bond donors (Lipinski definition) is 0. The molecule has 6 saturated heterocycles. The molecule has 0 amide bonds. The number of hydrogen-bond acceptors (Lipinski definition) is 6. The fourth-order valence-corrected chi connectivity index (χ4v) is 10.2. The second-order valence-electron chi connectivity index (χ2n) is 18.2. The van der Waals surface area contributed by atoms with Crippen LogP contribution in [0.3, 0.4) is 0 Å². The number of likely N-dealkylation sites (tertiary alicyclic amines) is 6. The summed E-state index contributed by atoms with van der Waals surface area (Å²) in [6, 6.07) is 0. The van der Waals surface area contributed by atoms with Crippen LogP contribution in [-0.4, -0.2) is 153 Å². The van der Waals surface area contributed by atoms with E-state index < -0.39 is 23.2 Å². The summed E-state index contributed by atoms with van der Waals surface area (Å²) in [5.41, 5.74) is 0.593. The number of nitrogens with zero attached hydrogens (tertiary/aromatic N) is 6. The summed E-state index contributed by atoms with van der Waals surface area (Å²) in [4.78, 5) is 13.5. The highest BCUT2D eigenvalue weighted by atomic mass is 19.3. The molecule has 0 saturated carbocycles. The molecule has 10 heteroatoms. The Bertz CT molecular complexity index is 1100. The van der Waals surface area contributed by atoms with Gasteiger partial charge in [-0.1, -0.05) is 33.8 Å². The van der Waals surface area contributed by atoms with Gasteiger partial charge in [-0.25, -0.2) is 17.6 Å². The minimum Gasteiger partial charge on any atom is -0.374 e. The van der Waals surface area contributed by atoms with Crippen molar-refractivity contribution in [1.82, 2.24) is 29.4 Å². The standard InChI is InChI=1S/C39H68F4N6/c1-6-44-25-36(26-44)12-18-46(19-13-36)24-35-11-17-47(29-38(35,40)41)22-32(4)7-8-33(5)49-27-37(28-49)14-20-48(30-39(37,42)43)23-34-9-15-45(16-10-34)21-31(2)3/h8,31-32,34-35H,6-7,9-30H2,1-5H3/b33-8+. The van der Waals surface area contributed by atoms with Gasteiger partial charge in [-0.2, -0.15) is 0 Å². The molecule has 0 radical (unpaired) electrons. The minimum absolute atomic E-state index is 0.106. The van der Waals surface area contributed by atoms with Crippen molar-refractivity contribution in [3.8, 4) is 0 Å². The van der Waals surface area contributed by atoms with E-state index in [0.29, 0.717) is 56.3 Å². The summed E-state index contributed by atoms with van der Waals surface area (Å²) in [6.45, 7) is 23.7. The smallest absolute Gasteiger partial charge is 0.269 e. The van der Waals surface area contributed by atoms with Gasteiger partial charge in [-0.15, -0.1) is 0 Å². The second-order valence-corrected chi connectivity index (χ2v) is 18.2. The first-order chi connectivity index (χ1) is 23.2. The van der Waals surface area contributed by atoms with Crippen LogP contribution in [0.5, 0.6) is 0 Å². The van der Waals surface area contributed by atoms with E-state index in [9.17, 15) is 0 Å². The van der Waals surface area contributed by atoms with E-state index in [1.165, 1.54) is 13.1 Å². The van der Waals surface area contributed by atoms with Gasteiger partial charge in [-0.05, 0) is 121 Å². The summed E-state index contributed by atoms with van der Waals surface area (Å²) >= 11 is 0. The van der Waals surface area contributed by atoms with E-state index in [1.807, 2.05) is 16.7 Å². The Morgan fingerprint density at radius 3 is 1.96 bits per heavy atom. The molecule has 0 bridgehead atoms. The van der Waals surface area contributed by atoms with Crippen LogP contribution in [0.1, 0.15) is 79.6 Å². The number of halogens is 4. The average molecular weight is 697 g/mol. The molecule has 2 unspecified atom stereocenters. The summed E-state index contributed by atoms with van der Waals surface area (Å²) in [6.07, 6.45) is 8.60. The van der Waals surface area contributed by atoms with E-state index in [-0.39, 0.29) is 19.0 Å². The third-order valence-electron chi connectivity index (χ3n) is 13.6. The van der Waals surface area contributed by atoms with Crippen LogP contribution < -0.4 is 0 Å². The van der Waals surface area contributed by atoms with Gasteiger partial charge in [0.25, 0.3) is 11.8 Å². The molecule has 6 heterocycles. The van der Waals surface area contributed by atoms with Crippen LogP contribution in [0.25, 0.3) is 0 Å². The van der Waals surface area contributed by atoms with E-state index in [1.54, 1.807) is 0 Å². The Kier molecular flexibility index (Phi) is 11.7. The topological polar surface area (TPSA) is 19.4 Å². The molecular formula is C39H68F4N6. The molecule has 0 aromatic rings. The van der Waals surface area contributed by atoms with Crippen molar-refractivity contribution in [2.45, 2.75) is 91.4 Å². The maximum atomic E-state index is 15.7. The average Bonchev–Trinajstić information content (AvgIpc) is 3.00. The van der Waals surface area contributed by atoms with Gasteiger partial charge in [0.2, 0.25) is 0 Å². The van der Waals surface area contributed by atoms with Crippen molar-refractivity contribution in [2.24, 2.45) is 34.5 Å². The SMILES string of the molecule is CCN1CC2(CCN(CC3CCN(CC(C)C/C=C(\C)N4CC5(CCN(CC6CCN(CC(C)C)CC6)CC5(F)F)C4)CC3(F)F)CC2)C1. The Labute approximate surface area is 295 Å². The van der Waals surface area contributed by atoms with Crippen LogP contribution in [-0.2, 0) is 0 Å². The Balaban J connectivity index is 0.884. The number of allylic oxidation sites excluding steroid dienone is 2. The van der Waals surface area contributed by atoms with Gasteiger partial charge in [0.15, 0.2) is 0 Å². The van der Waals surface area contributed by atoms with Gasteiger partial charge >= 0.3 is 0 Å². The normalized spacial score (nSPS) is 30.9. The van der Waals surface area contributed by atoms with E-state index in [2.05, 4.69) is 53.4 Å². The van der Waals surface area contributed by atoms with Crippen molar-refractivity contribution in [1.29, 1.82) is 0 Å². The lowest BCUT2D eigenvalue weighted by Crippen LogP contribution is -2.69. The van der Waals surface area contributed by atoms with Crippen LogP contribution in [0.2, 0.25) is 0 Å². The predicted molar refractivity (Wildman–Crippen MR) is 191 cm³/mol. The van der Waals surface area contributed by atoms with Crippen molar-refractivity contribution in [2.75, 3.05) is 111 Å². The van der Waals surface area contributed by atoms with Crippen LogP contribution in [0, 0.1) is 34.5 Å². The zero-order valence-electron chi connectivity index (χ0n) is 31.6. The van der Waals surface area contributed by atoms with E-state index in [0.717, 1.165) is 96.7 Å². The highest BCUT2D eigenvalue weighted by Crippen LogP contribution is 2.51. The minimum atomic E-state index is -2.67. The molecule has 282 valence electrons. The largest absolute Gasteiger partial charge is 0.374 e. The molecule has 6 aliphatic rings. The van der Waals surface area contributed by atoms with Crippen molar-refractivity contribution in [3.05, 3.63) is 11.8 Å². The first-order valence-corrected chi connectivity index (χ1v) is 20.0. The van der Waals surface area contributed by atoms with Crippen LogP contribution in [0.15, 0.2) is 11.8 Å². The first kappa shape index (κ1) is 37.8. The first-order valence-electron chi connectivity index (χ1n) is 20.0. The fourth-order valence-electron chi connectivity index (χ4n) is 10.2. The van der Waals surface area contributed by atoms with Crippen LogP contribution >= 0.6 is 0 Å². The predicted octanol–water partition coefficient (Wildman–Crippen LogP) is 6.30. The molecule has 0 aromatic carbocycles. The van der Waals surface area contributed by atoms with Gasteiger partial charge < -0.3 is 19.6 Å². The molecule has 6 fully saturated rings. The lowest BCUT2D eigenvalue weighted by Gasteiger charge is -2.58.